The minimum absolute atomic E-state index is 0.135. The number of nitrogens with one attached hydrogen (secondary N) is 1. The van der Waals surface area contributed by atoms with Gasteiger partial charge in [0.1, 0.15) is 0 Å². The van der Waals surface area contributed by atoms with Gasteiger partial charge in [-0.25, -0.2) is 8.42 Å². The highest BCUT2D eigenvalue weighted by atomic mass is 32.2. The zero-order chi connectivity index (χ0) is 12.2. The molecule has 16 heavy (non-hydrogen) atoms. The maximum absolute atomic E-state index is 11.2. The lowest BCUT2D eigenvalue weighted by atomic mass is 10.2. The van der Waals surface area contributed by atoms with Crippen LogP contribution < -0.4 is 5.32 Å². The van der Waals surface area contributed by atoms with E-state index in [1.807, 2.05) is 6.92 Å². The average Bonchev–Trinajstić information content (AvgIpc) is 2.17. The summed E-state index contributed by atoms with van der Waals surface area (Å²) in [6.45, 7) is 2.09. The van der Waals surface area contributed by atoms with Crippen molar-refractivity contribution >= 4 is 15.5 Å². The minimum atomic E-state index is -3.13. The topological polar surface area (TPSA) is 66.4 Å². The molecule has 0 amide bonds. The number of sulfone groups is 1. The smallest absolute Gasteiger partial charge is 0.175 e. The SMILES string of the molecule is C[C@@H](CCO)Nc1ccc(S(C)(=O)=O)cc1. The van der Waals surface area contributed by atoms with Crippen LogP contribution in [0.1, 0.15) is 13.3 Å². The van der Waals surface area contributed by atoms with Gasteiger partial charge in [-0.3, -0.25) is 0 Å². The first kappa shape index (κ1) is 13.0. The molecule has 0 unspecified atom stereocenters. The van der Waals surface area contributed by atoms with E-state index in [-0.39, 0.29) is 12.6 Å². The van der Waals surface area contributed by atoms with Crippen LogP contribution in [0.4, 0.5) is 5.69 Å². The van der Waals surface area contributed by atoms with Gasteiger partial charge in [-0.05, 0) is 37.6 Å². The Hall–Kier alpha value is -1.07. The van der Waals surface area contributed by atoms with E-state index in [0.717, 1.165) is 5.69 Å². The molecule has 90 valence electrons. The highest BCUT2D eigenvalue weighted by Crippen LogP contribution is 2.15. The van der Waals surface area contributed by atoms with Crippen LogP contribution in [0, 0.1) is 0 Å². The molecule has 0 aliphatic rings. The van der Waals surface area contributed by atoms with E-state index < -0.39 is 9.84 Å². The Morgan fingerprint density at radius 3 is 2.31 bits per heavy atom. The van der Waals surface area contributed by atoms with Crippen LogP contribution in [0.15, 0.2) is 29.2 Å². The van der Waals surface area contributed by atoms with Crippen molar-refractivity contribution < 1.29 is 13.5 Å². The number of aliphatic hydroxyl groups excluding tert-OH is 1. The van der Waals surface area contributed by atoms with Gasteiger partial charge in [-0.15, -0.1) is 0 Å². The second-order valence-corrected chi connectivity index (χ2v) is 5.87. The van der Waals surface area contributed by atoms with Gasteiger partial charge in [-0.1, -0.05) is 0 Å². The molecule has 0 aliphatic carbocycles. The molecule has 1 aromatic rings. The van der Waals surface area contributed by atoms with Gasteiger partial charge in [0.15, 0.2) is 9.84 Å². The van der Waals surface area contributed by atoms with Crippen LogP contribution in [0.25, 0.3) is 0 Å². The molecule has 5 heteroatoms. The highest BCUT2D eigenvalue weighted by molar-refractivity contribution is 7.90. The molecule has 1 aromatic carbocycles. The van der Waals surface area contributed by atoms with Gasteiger partial charge in [-0.2, -0.15) is 0 Å². The van der Waals surface area contributed by atoms with Crippen molar-refractivity contribution in [2.24, 2.45) is 0 Å². The van der Waals surface area contributed by atoms with Crippen LogP contribution in [0.2, 0.25) is 0 Å². The highest BCUT2D eigenvalue weighted by Gasteiger charge is 2.06. The monoisotopic (exact) mass is 243 g/mol. The van der Waals surface area contributed by atoms with E-state index in [9.17, 15) is 8.42 Å². The van der Waals surface area contributed by atoms with E-state index >= 15 is 0 Å². The number of rotatable bonds is 5. The van der Waals surface area contributed by atoms with Crippen molar-refractivity contribution in [1.29, 1.82) is 0 Å². The van der Waals surface area contributed by atoms with Gasteiger partial charge in [0, 0.05) is 24.6 Å². The Balaban J connectivity index is 2.72. The van der Waals surface area contributed by atoms with Gasteiger partial charge < -0.3 is 10.4 Å². The van der Waals surface area contributed by atoms with Crippen LogP contribution >= 0.6 is 0 Å². The molecule has 1 atom stereocenters. The molecule has 0 radical (unpaired) electrons. The summed E-state index contributed by atoms with van der Waals surface area (Å²) >= 11 is 0. The minimum Gasteiger partial charge on any atom is -0.396 e. The Labute approximate surface area is 96.2 Å². The predicted molar refractivity (Wildman–Crippen MR) is 64.3 cm³/mol. The Kier molecular flexibility index (Phi) is 4.32. The fourth-order valence-electron chi connectivity index (χ4n) is 1.35. The molecule has 1 rings (SSSR count). The molecule has 0 aromatic heterocycles. The lowest BCUT2D eigenvalue weighted by Gasteiger charge is -2.13. The fourth-order valence-corrected chi connectivity index (χ4v) is 1.98. The van der Waals surface area contributed by atoms with Crippen molar-refractivity contribution in [3.05, 3.63) is 24.3 Å². The fraction of sp³-hybridized carbons (Fsp3) is 0.455. The molecule has 0 spiro atoms. The normalized spacial score (nSPS) is 13.4. The van der Waals surface area contributed by atoms with Crippen molar-refractivity contribution in [1.82, 2.24) is 0 Å². The van der Waals surface area contributed by atoms with Crippen molar-refractivity contribution in [3.8, 4) is 0 Å². The number of hydrogen-bond acceptors (Lipinski definition) is 4. The zero-order valence-corrected chi connectivity index (χ0v) is 10.3. The van der Waals surface area contributed by atoms with E-state index in [4.69, 9.17) is 5.11 Å². The van der Waals surface area contributed by atoms with Gasteiger partial charge >= 0.3 is 0 Å². The summed E-state index contributed by atoms with van der Waals surface area (Å²) in [6.07, 6.45) is 1.84. The summed E-state index contributed by atoms with van der Waals surface area (Å²) in [5.41, 5.74) is 0.855. The zero-order valence-electron chi connectivity index (χ0n) is 9.47. The first-order valence-electron chi connectivity index (χ1n) is 5.11. The van der Waals surface area contributed by atoms with Gasteiger partial charge in [0.25, 0.3) is 0 Å². The quantitative estimate of drug-likeness (QED) is 0.817. The molecule has 0 bridgehead atoms. The van der Waals surface area contributed by atoms with Crippen molar-refractivity contribution in [2.75, 3.05) is 18.2 Å². The molecule has 0 fully saturated rings. The number of aliphatic hydroxyl groups is 1. The van der Waals surface area contributed by atoms with Gasteiger partial charge in [0.2, 0.25) is 0 Å². The summed E-state index contributed by atoms with van der Waals surface area (Å²) < 4.78 is 22.4. The van der Waals surface area contributed by atoms with Crippen LogP contribution in [-0.4, -0.2) is 32.4 Å². The number of anilines is 1. The summed E-state index contributed by atoms with van der Waals surface area (Å²) in [4.78, 5) is 0.313. The molecular weight excluding hydrogens is 226 g/mol. The summed E-state index contributed by atoms with van der Waals surface area (Å²) in [6, 6.07) is 6.76. The third kappa shape index (κ3) is 3.83. The second-order valence-electron chi connectivity index (χ2n) is 3.85. The lowest BCUT2D eigenvalue weighted by Crippen LogP contribution is -2.16. The molecule has 2 N–H and O–H groups in total. The third-order valence-electron chi connectivity index (χ3n) is 2.26. The van der Waals surface area contributed by atoms with Crippen LogP contribution in [0.3, 0.4) is 0 Å². The molecule has 0 aliphatic heterocycles. The summed E-state index contributed by atoms with van der Waals surface area (Å²) in [7, 11) is -3.13. The lowest BCUT2D eigenvalue weighted by molar-refractivity contribution is 0.282. The molecule has 4 nitrogen and oxygen atoms in total. The van der Waals surface area contributed by atoms with Gasteiger partial charge in [0.05, 0.1) is 4.90 Å². The molecule has 0 saturated heterocycles. The number of hydrogen-bond donors (Lipinski definition) is 2. The molecule has 0 saturated carbocycles. The first-order valence-corrected chi connectivity index (χ1v) is 7.00. The number of benzene rings is 1. The average molecular weight is 243 g/mol. The van der Waals surface area contributed by atoms with Crippen molar-refractivity contribution in [3.63, 3.8) is 0 Å². The van der Waals surface area contributed by atoms with E-state index in [1.165, 1.54) is 6.26 Å². The maximum Gasteiger partial charge on any atom is 0.175 e. The largest absolute Gasteiger partial charge is 0.396 e. The van der Waals surface area contributed by atoms with Crippen LogP contribution in [0.5, 0.6) is 0 Å². The Morgan fingerprint density at radius 2 is 1.88 bits per heavy atom. The first-order chi connectivity index (χ1) is 7.43. The summed E-state index contributed by atoms with van der Waals surface area (Å²) in [5, 5.41) is 11.9. The summed E-state index contributed by atoms with van der Waals surface area (Å²) in [5.74, 6) is 0. The molecular formula is C11H17NO3S. The van der Waals surface area contributed by atoms with E-state index in [0.29, 0.717) is 11.3 Å². The third-order valence-corrected chi connectivity index (χ3v) is 3.39. The van der Waals surface area contributed by atoms with E-state index in [2.05, 4.69) is 5.32 Å². The van der Waals surface area contributed by atoms with Crippen molar-refractivity contribution in [2.45, 2.75) is 24.3 Å². The Bertz CT molecular complexity index is 425. The van der Waals surface area contributed by atoms with Crippen LogP contribution in [-0.2, 0) is 9.84 Å². The predicted octanol–water partition coefficient (Wildman–Crippen LogP) is 1.27. The second kappa shape index (κ2) is 5.32. The maximum atomic E-state index is 11.2. The van der Waals surface area contributed by atoms with E-state index in [1.54, 1.807) is 24.3 Å². The molecule has 0 heterocycles. The standard InChI is InChI=1S/C11H17NO3S/c1-9(7-8-13)12-10-3-5-11(6-4-10)16(2,14)15/h3-6,9,12-13H,7-8H2,1-2H3/t9-/m0/s1. The Morgan fingerprint density at radius 1 is 1.31 bits per heavy atom.